The van der Waals surface area contributed by atoms with Crippen LogP contribution in [0.4, 0.5) is 4.79 Å². The van der Waals surface area contributed by atoms with Gasteiger partial charge in [0.25, 0.3) is 5.91 Å². The summed E-state index contributed by atoms with van der Waals surface area (Å²) in [5.41, 5.74) is 6.25. The fourth-order valence-corrected chi connectivity index (χ4v) is 9.41. The average Bonchev–Trinajstić information content (AvgIpc) is 4.23. The van der Waals surface area contributed by atoms with Crippen molar-refractivity contribution >= 4 is 74.6 Å². The number of carboxylic acids is 1. The Balaban J connectivity index is 0.000000254. The number of para-hydroxylation sites is 2. The summed E-state index contributed by atoms with van der Waals surface area (Å²) in [7, 11) is 0. The molecule has 3 atom stereocenters. The number of benzene rings is 4. The van der Waals surface area contributed by atoms with E-state index in [2.05, 4.69) is 47.0 Å². The van der Waals surface area contributed by atoms with E-state index in [1.54, 1.807) is 17.0 Å². The van der Waals surface area contributed by atoms with Gasteiger partial charge in [0.05, 0.1) is 5.56 Å². The van der Waals surface area contributed by atoms with Crippen LogP contribution in [-0.4, -0.2) is 143 Å². The molecule has 4 N–H and O–H groups in total. The molecule has 0 aliphatic carbocycles. The first-order valence-corrected chi connectivity index (χ1v) is 27.3. The van der Waals surface area contributed by atoms with Gasteiger partial charge in [0.2, 0.25) is 0 Å². The number of likely N-dealkylation sites (tertiary alicyclic amines) is 4. The molecule has 0 bridgehead atoms. The molecule has 4 aromatic rings. The van der Waals surface area contributed by atoms with Gasteiger partial charge >= 0.3 is 12.1 Å². The van der Waals surface area contributed by atoms with E-state index in [9.17, 15) is 14.4 Å². The van der Waals surface area contributed by atoms with Crippen molar-refractivity contribution in [3.8, 4) is 23.0 Å². The molecule has 72 heavy (non-hydrogen) atoms. The molecule has 2 amide bonds. The van der Waals surface area contributed by atoms with E-state index < -0.39 is 11.6 Å². The molecule has 0 spiro atoms. The van der Waals surface area contributed by atoms with Crippen molar-refractivity contribution in [1.29, 1.82) is 0 Å². The van der Waals surface area contributed by atoms with E-state index in [1.807, 2.05) is 111 Å². The highest BCUT2D eigenvalue weighted by Gasteiger charge is 2.32. The van der Waals surface area contributed by atoms with Crippen LogP contribution in [0.2, 0.25) is 0 Å². The lowest BCUT2D eigenvalue weighted by atomic mass is 10.2. The van der Waals surface area contributed by atoms with E-state index in [0.717, 1.165) is 72.0 Å². The van der Waals surface area contributed by atoms with Crippen molar-refractivity contribution < 1.29 is 33.7 Å². The lowest BCUT2D eigenvalue weighted by Crippen LogP contribution is -2.37. The monoisotopic (exact) mass is 1160 g/mol. The number of nitrogens with two attached hydrogens (primary N) is 1. The predicted molar refractivity (Wildman–Crippen MR) is 302 cm³/mol. The maximum atomic E-state index is 12.7. The first-order chi connectivity index (χ1) is 33.8. The Morgan fingerprint density at radius 2 is 1.07 bits per heavy atom. The van der Waals surface area contributed by atoms with Crippen molar-refractivity contribution in [2.45, 2.75) is 102 Å². The zero-order valence-electron chi connectivity index (χ0n) is 42.3. The minimum Gasteiger partial charge on any atom is -0.478 e. The molecule has 5 fully saturated rings. The number of carboxylic acid groups (broad SMARTS) is 1. The number of hydrogen-bond donors (Lipinski definition) is 3. The Morgan fingerprint density at radius 1 is 0.611 bits per heavy atom. The summed E-state index contributed by atoms with van der Waals surface area (Å²) in [6.07, 6.45) is 11.1. The van der Waals surface area contributed by atoms with Crippen molar-refractivity contribution in [2.24, 2.45) is 5.73 Å². The smallest absolute Gasteiger partial charge is 0.410 e. The highest BCUT2D eigenvalue weighted by atomic mass is 79.9. The number of hydrogen-bond acceptors (Lipinski definition) is 10. The van der Waals surface area contributed by atoms with Gasteiger partial charge in [-0.25, -0.2) is 9.59 Å². The highest BCUT2D eigenvalue weighted by molar-refractivity contribution is 9.09. The topological polar surface area (TPSA) is 150 Å². The molecule has 0 saturated carbocycles. The number of carbonyl (C=O) groups is 3. The van der Waals surface area contributed by atoms with Crippen LogP contribution >= 0.6 is 56.7 Å². The molecule has 17 heteroatoms. The molecule has 4 aromatic carbocycles. The summed E-state index contributed by atoms with van der Waals surface area (Å²) in [4.78, 5) is 43.7. The lowest BCUT2D eigenvalue weighted by Gasteiger charge is -2.24. The number of alkyl halides is 2. The maximum absolute atomic E-state index is 12.7. The number of aromatic carboxylic acids is 1. The Labute approximate surface area is 457 Å². The van der Waals surface area contributed by atoms with Crippen molar-refractivity contribution in [2.75, 3.05) is 76.1 Å². The molecule has 5 aliphatic rings. The number of unbranched alkanes of at least 4 members (excludes halogenated alkanes) is 1. The number of rotatable bonds is 11. The molecular formula is C55H78Br2Cl2N6O7. The van der Waals surface area contributed by atoms with E-state index >= 15 is 0 Å². The third kappa shape index (κ3) is 22.7. The summed E-state index contributed by atoms with van der Waals surface area (Å²) in [6, 6.07) is 34.3. The molecule has 0 aromatic heterocycles. The SMILES string of the molecule is BrCCCCBr.C1CCN(C2CCNC2)C1.CC(C)(C)OC(=O)N1CCC(N)C1.Cl.Cl.O=C(O)c1ccc(Oc2ccccc2)cc1.O=C(c1ccc(Oc2ccccc2)cc1)N1CCC(N2CCCC2)C1. The second-order valence-electron chi connectivity index (χ2n) is 19.1. The molecule has 0 radical (unpaired) electrons. The van der Waals surface area contributed by atoms with Crippen LogP contribution in [0.1, 0.15) is 99.3 Å². The van der Waals surface area contributed by atoms with Gasteiger partial charge in [0, 0.05) is 67.1 Å². The molecule has 5 saturated heterocycles. The summed E-state index contributed by atoms with van der Waals surface area (Å²) < 4.78 is 16.5. The van der Waals surface area contributed by atoms with Crippen molar-refractivity contribution in [3.63, 3.8) is 0 Å². The van der Waals surface area contributed by atoms with Crippen molar-refractivity contribution in [3.05, 3.63) is 120 Å². The first-order valence-electron chi connectivity index (χ1n) is 25.0. The van der Waals surface area contributed by atoms with Crippen LogP contribution < -0.4 is 20.5 Å². The van der Waals surface area contributed by atoms with Crippen molar-refractivity contribution in [1.82, 2.24) is 24.9 Å². The Kier molecular flexibility index (Phi) is 29.3. The Bertz CT molecular complexity index is 2090. The Morgan fingerprint density at radius 3 is 1.49 bits per heavy atom. The summed E-state index contributed by atoms with van der Waals surface area (Å²) in [5, 5.41) is 14.4. The number of halogens is 4. The molecule has 5 aliphatic heterocycles. The van der Waals surface area contributed by atoms with E-state index in [-0.39, 0.29) is 48.4 Å². The standard InChI is InChI=1S/C21H24N2O2.C13H10O3.C9H18N2O2.C8H16N2.C4H8Br2.2ClH/c24-21(23-15-12-18(16-23)22-13-4-5-14-22)17-8-10-20(11-9-17)25-19-6-2-1-3-7-19;14-13(15)10-6-8-12(9-7-10)16-11-4-2-1-3-5-11;1-9(2,3)13-8(12)11-5-4-7(10)6-11;1-2-6-10(5-1)8-3-4-9-7-8;5-3-1-2-4-6;;/h1-3,6-11,18H,4-5,12-16H2;1-9H,(H,14,15);7H,4-6,10H2,1-3H3;8-9H,1-7H2;1-4H2;2*1H. The summed E-state index contributed by atoms with van der Waals surface area (Å²) in [5.74, 6) is 2.09. The number of nitrogens with zero attached hydrogens (tertiary/aromatic N) is 4. The van der Waals surface area contributed by atoms with Crippen LogP contribution in [0.15, 0.2) is 109 Å². The van der Waals surface area contributed by atoms with Crippen LogP contribution in [0.25, 0.3) is 0 Å². The second-order valence-corrected chi connectivity index (χ2v) is 20.7. The molecule has 398 valence electrons. The van der Waals surface area contributed by atoms with Crippen LogP contribution in [0, 0.1) is 0 Å². The van der Waals surface area contributed by atoms with E-state index in [4.69, 9.17) is 25.1 Å². The van der Waals surface area contributed by atoms with Gasteiger partial charge in [0.1, 0.15) is 28.6 Å². The van der Waals surface area contributed by atoms with Gasteiger partial charge in [0.15, 0.2) is 0 Å². The van der Waals surface area contributed by atoms with Gasteiger partial charge in [-0.2, -0.15) is 0 Å². The normalized spacial score (nSPS) is 19.3. The quantitative estimate of drug-likeness (QED) is 0.0973. The van der Waals surface area contributed by atoms with E-state index in [1.165, 1.54) is 96.3 Å². The predicted octanol–water partition coefficient (Wildman–Crippen LogP) is 11.8. The maximum Gasteiger partial charge on any atom is 0.410 e. The van der Waals surface area contributed by atoms with Crippen LogP contribution in [0.5, 0.6) is 23.0 Å². The summed E-state index contributed by atoms with van der Waals surface area (Å²) >= 11 is 6.66. The second kappa shape index (κ2) is 33.8. The minimum atomic E-state index is -0.939. The van der Waals surface area contributed by atoms with Crippen LogP contribution in [-0.2, 0) is 4.74 Å². The highest BCUT2D eigenvalue weighted by Crippen LogP contribution is 2.25. The van der Waals surface area contributed by atoms with E-state index in [0.29, 0.717) is 18.3 Å². The number of amides is 2. The average molecular weight is 1170 g/mol. The van der Waals surface area contributed by atoms with Gasteiger partial charge in [-0.05, 0) is 184 Å². The number of carbonyl (C=O) groups excluding carboxylic acids is 2. The fraction of sp³-hybridized carbons (Fsp3) is 0.509. The van der Waals surface area contributed by atoms with Gasteiger partial charge in [-0.15, -0.1) is 24.8 Å². The zero-order chi connectivity index (χ0) is 50.1. The summed E-state index contributed by atoms with van der Waals surface area (Å²) in [6.45, 7) is 16.2. The van der Waals surface area contributed by atoms with Gasteiger partial charge in [-0.3, -0.25) is 14.6 Å². The first kappa shape index (κ1) is 62.4. The largest absolute Gasteiger partial charge is 0.478 e. The van der Waals surface area contributed by atoms with Gasteiger partial charge < -0.3 is 40.2 Å². The molecule has 3 unspecified atom stereocenters. The number of nitrogens with one attached hydrogen (secondary N) is 1. The molecular weight excluding hydrogens is 1090 g/mol. The lowest BCUT2D eigenvalue weighted by molar-refractivity contribution is 0.0292. The molecule has 9 rings (SSSR count). The Hall–Kier alpha value is -3.93. The third-order valence-corrected chi connectivity index (χ3v) is 13.5. The number of ether oxygens (including phenoxy) is 3. The van der Waals surface area contributed by atoms with Crippen LogP contribution in [0.3, 0.4) is 0 Å². The zero-order valence-corrected chi connectivity index (χ0v) is 47.1. The molecule has 13 nitrogen and oxygen atoms in total. The van der Waals surface area contributed by atoms with Gasteiger partial charge in [-0.1, -0.05) is 68.3 Å². The fourth-order valence-electron chi connectivity index (χ4n) is 8.62. The minimum absolute atomic E-state index is 0. The third-order valence-electron chi connectivity index (χ3n) is 12.4. The molecule has 5 heterocycles.